The fourth-order valence-electron chi connectivity index (χ4n) is 5.71. The van der Waals surface area contributed by atoms with Gasteiger partial charge < -0.3 is 19.7 Å². The molecule has 0 radical (unpaired) electrons. The summed E-state index contributed by atoms with van der Waals surface area (Å²) >= 11 is 0. The second kappa shape index (κ2) is 9.31. The largest absolute Gasteiger partial charge is 0.456 e. The summed E-state index contributed by atoms with van der Waals surface area (Å²) in [5.41, 5.74) is 5.60. The molecule has 39 heavy (non-hydrogen) atoms. The summed E-state index contributed by atoms with van der Waals surface area (Å²) in [6, 6.07) is 24.8. The highest BCUT2D eigenvalue weighted by Crippen LogP contribution is 2.57. The van der Waals surface area contributed by atoms with Crippen LogP contribution in [0.3, 0.4) is 0 Å². The predicted octanol–water partition coefficient (Wildman–Crippen LogP) is 6.97. The third-order valence-corrected chi connectivity index (χ3v) is 7.70. The Morgan fingerprint density at radius 2 is 1.62 bits per heavy atom. The third-order valence-electron chi connectivity index (χ3n) is 7.70. The lowest BCUT2D eigenvalue weighted by molar-refractivity contribution is 0.0224. The van der Waals surface area contributed by atoms with E-state index < -0.39 is 5.60 Å². The quantitative estimate of drug-likeness (QED) is 0.289. The van der Waals surface area contributed by atoms with Crippen molar-refractivity contribution in [3.8, 4) is 11.5 Å². The van der Waals surface area contributed by atoms with Crippen LogP contribution in [-0.4, -0.2) is 25.0 Å². The van der Waals surface area contributed by atoms with Crippen molar-refractivity contribution in [1.82, 2.24) is 0 Å². The molecule has 6 rings (SSSR count). The zero-order valence-corrected chi connectivity index (χ0v) is 22.5. The molecule has 1 amide bonds. The average molecular weight is 519 g/mol. The number of anilines is 2. The molecule has 0 fully saturated rings. The van der Waals surface area contributed by atoms with Gasteiger partial charge in [0.15, 0.2) is 5.60 Å². The highest BCUT2D eigenvalue weighted by molar-refractivity contribution is 6.05. The Morgan fingerprint density at radius 3 is 2.38 bits per heavy atom. The number of carbonyl (C=O) groups excluding carboxylic acids is 2. The number of hydrogen-bond acceptors (Lipinski definition) is 5. The van der Waals surface area contributed by atoms with Crippen molar-refractivity contribution in [2.75, 3.05) is 23.3 Å². The monoisotopic (exact) mass is 518 g/mol. The van der Waals surface area contributed by atoms with Crippen molar-refractivity contribution in [3.63, 3.8) is 0 Å². The summed E-state index contributed by atoms with van der Waals surface area (Å²) in [5.74, 6) is 0.644. The number of carbonyl (C=O) groups is 2. The minimum Gasteiger partial charge on any atom is -0.456 e. The summed E-state index contributed by atoms with van der Waals surface area (Å²) in [6.45, 7) is 9.84. The van der Waals surface area contributed by atoms with E-state index in [4.69, 9.17) is 9.47 Å². The number of amides is 1. The lowest BCUT2D eigenvalue weighted by Gasteiger charge is -2.37. The Bertz CT molecular complexity index is 1640. The number of nitrogens with zero attached hydrogens (tertiary/aromatic N) is 1. The molecule has 0 aromatic heterocycles. The van der Waals surface area contributed by atoms with Crippen molar-refractivity contribution < 1.29 is 19.1 Å². The van der Waals surface area contributed by atoms with E-state index in [1.807, 2.05) is 80.6 Å². The second-order valence-corrected chi connectivity index (χ2v) is 10.1. The summed E-state index contributed by atoms with van der Waals surface area (Å²) < 4.78 is 12.8. The molecule has 6 nitrogen and oxygen atoms in total. The first-order valence-corrected chi connectivity index (χ1v) is 13.3. The summed E-state index contributed by atoms with van der Waals surface area (Å²) in [4.78, 5) is 28.7. The van der Waals surface area contributed by atoms with E-state index in [9.17, 15) is 9.59 Å². The summed E-state index contributed by atoms with van der Waals surface area (Å²) in [7, 11) is 0. The van der Waals surface area contributed by atoms with Crippen molar-refractivity contribution >= 4 is 23.3 Å². The van der Waals surface area contributed by atoms with Gasteiger partial charge in [0.25, 0.3) is 5.91 Å². The normalized spacial score (nSPS) is 16.6. The lowest BCUT2D eigenvalue weighted by atomic mass is 9.77. The molecule has 4 aromatic carbocycles. The zero-order chi connectivity index (χ0) is 27.3. The Labute approximate surface area is 228 Å². The van der Waals surface area contributed by atoms with Gasteiger partial charge >= 0.3 is 5.97 Å². The molecule has 4 aromatic rings. The number of hydrogen-bond donors (Lipinski definition) is 1. The first-order chi connectivity index (χ1) is 18.8. The van der Waals surface area contributed by atoms with Crippen LogP contribution in [0.2, 0.25) is 0 Å². The zero-order valence-electron chi connectivity index (χ0n) is 22.5. The molecule has 0 saturated heterocycles. The van der Waals surface area contributed by atoms with Crippen LogP contribution in [0.5, 0.6) is 11.5 Å². The van der Waals surface area contributed by atoms with Gasteiger partial charge in [-0.15, -0.1) is 0 Å². The number of esters is 1. The maximum absolute atomic E-state index is 13.2. The third kappa shape index (κ3) is 3.86. The Kier molecular flexibility index (Phi) is 5.91. The molecule has 1 spiro atoms. The van der Waals surface area contributed by atoms with Gasteiger partial charge in [-0.3, -0.25) is 4.79 Å². The summed E-state index contributed by atoms with van der Waals surface area (Å²) in [6.07, 6.45) is 0. The standard InChI is InChI=1S/C33H30N2O4/c1-5-35(6-2)23-14-15-26-30(18-23)38-29-17-21(4)28(34-31(36)22-11-9-10-20(3)16-22)19-27(29)33(26)25-13-8-7-12-24(25)32(37)39-33/h7-19H,5-6H2,1-4H3,(H,34,36). The topological polar surface area (TPSA) is 67.9 Å². The first-order valence-electron chi connectivity index (χ1n) is 13.3. The number of rotatable bonds is 5. The molecule has 0 bridgehead atoms. The molecule has 1 unspecified atom stereocenters. The number of aryl methyl sites for hydroxylation is 2. The molecular weight excluding hydrogens is 488 g/mol. The molecule has 2 heterocycles. The van der Waals surface area contributed by atoms with Gasteiger partial charge in [0, 0.05) is 52.8 Å². The van der Waals surface area contributed by atoms with Crippen molar-refractivity contribution in [1.29, 1.82) is 0 Å². The number of benzene rings is 4. The van der Waals surface area contributed by atoms with Crippen LogP contribution in [0.15, 0.2) is 78.9 Å². The predicted molar refractivity (Wildman–Crippen MR) is 152 cm³/mol. The lowest BCUT2D eigenvalue weighted by Crippen LogP contribution is -2.33. The van der Waals surface area contributed by atoms with Crippen LogP contribution in [0.25, 0.3) is 0 Å². The maximum Gasteiger partial charge on any atom is 0.340 e. The number of ether oxygens (including phenoxy) is 2. The fraction of sp³-hybridized carbons (Fsp3) is 0.212. The Hall–Kier alpha value is -4.58. The maximum atomic E-state index is 13.2. The van der Waals surface area contributed by atoms with E-state index >= 15 is 0 Å². The van der Waals surface area contributed by atoms with E-state index in [-0.39, 0.29) is 11.9 Å². The van der Waals surface area contributed by atoms with Gasteiger partial charge in [0.05, 0.1) is 5.56 Å². The molecular formula is C33H30N2O4. The fourth-order valence-corrected chi connectivity index (χ4v) is 5.71. The highest BCUT2D eigenvalue weighted by atomic mass is 16.6. The highest BCUT2D eigenvalue weighted by Gasteiger charge is 2.53. The molecule has 1 N–H and O–H groups in total. The minimum atomic E-state index is -1.20. The average Bonchev–Trinajstić information content (AvgIpc) is 3.23. The SMILES string of the molecule is CCN(CC)c1ccc2c(c1)Oc1cc(C)c(NC(=O)c3cccc(C)c3)cc1C21OC(=O)c2ccccc21. The Balaban J connectivity index is 1.53. The van der Waals surface area contributed by atoms with E-state index in [2.05, 4.69) is 24.1 Å². The van der Waals surface area contributed by atoms with E-state index in [1.54, 1.807) is 12.1 Å². The molecule has 2 aliphatic heterocycles. The Morgan fingerprint density at radius 1 is 0.846 bits per heavy atom. The first kappa shape index (κ1) is 24.7. The van der Waals surface area contributed by atoms with Gasteiger partial charge in [-0.25, -0.2) is 4.79 Å². The van der Waals surface area contributed by atoms with Gasteiger partial charge in [-0.2, -0.15) is 0 Å². The van der Waals surface area contributed by atoms with Crippen LogP contribution in [0, 0.1) is 13.8 Å². The van der Waals surface area contributed by atoms with Crippen LogP contribution in [0.4, 0.5) is 11.4 Å². The molecule has 2 aliphatic rings. The van der Waals surface area contributed by atoms with E-state index in [1.165, 1.54) is 0 Å². The van der Waals surface area contributed by atoms with E-state index in [0.29, 0.717) is 33.9 Å². The molecule has 0 saturated carbocycles. The van der Waals surface area contributed by atoms with Gasteiger partial charge in [0.2, 0.25) is 0 Å². The van der Waals surface area contributed by atoms with Crippen molar-refractivity contribution in [3.05, 3.63) is 118 Å². The van der Waals surface area contributed by atoms with Crippen LogP contribution >= 0.6 is 0 Å². The van der Waals surface area contributed by atoms with Crippen LogP contribution in [-0.2, 0) is 10.3 Å². The smallest absolute Gasteiger partial charge is 0.340 e. The number of nitrogens with one attached hydrogen (secondary N) is 1. The van der Waals surface area contributed by atoms with Gasteiger partial charge in [-0.1, -0.05) is 35.9 Å². The molecule has 1 atom stereocenters. The molecule has 196 valence electrons. The molecule has 0 aliphatic carbocycles. The van der Waals surface area contributed by atoms with Gasteiger partial charge in [0.1, 0.15) is 11.5 Å². The van der Waals surface area contributed by atoms with Gasteiger partial charge in [-0.05, 0) is 75.7 Å². The molecule has 6 heteroatoms. The van der Waals surface area contributed by atoms with E-state index in [0.717, 1.165) is 41.0 Å². The van der Waals surface area contributed by atoms with Crippen LogP contribution in [0.1, 0.15) is 62.4 Å². The van der Waals surface area contributed by atoms with Crippen molar-refractivity contribution in [2.24, 2.45) is 0 Å². The number of fused-ring (bicyclic) bond motifs is 6. The minimum absolute atomic E-state index is 0.208. The summed E-state index contributed by atoms with van der Waals surface area (Å²) in [5, 5.41) is 3.07. The second-order valence-electron chi connectivity index (χ2n) is 10.1. The van der Waals surface area contributed by atoms with Crippen LogP contribution < -0.4 is 15.0 Å². The van der Waals surface area contributed by atoms with Crippen molar-refractivity contribution in [2.45, 2.75) is 33.3 Å².